The molecule has 0 saturated heterocycles. The van der Waals surface area contributed by atoms with Crippen molar-refractivity contribution in [3.8, 4) is 11.5 Å². The molecule has 0 bridgehead atoms. The van der Waals surface area contributed by atoms with Gasteiger partial charge in [-0.2, -0.15) is 5.10 Å². The standard InChI is InChI=1S/C14H20ClN5/c1-9(2)20-13(14-16-7-6-8-17-14)11(15)12(18-20)10(3)19(4)5/h6-10H,1-5H3/p+1. The predicted octanol–water partition coefficient (Wildman–Crippen LogP) is 2.62. The minimum atomic E-state index is 0.185. The second kappa shape index (κ2) is 5.89. The lowest BCUT2D eigenvalue weighted by atomic mass is 10.2. The van der Waals surface area contributed by atoms with Gasteiger partial charge in [0.1, 0.15) is 10.7 Å². The smallest absolute Gasteiger partial charge is 0.294 e. The van der Waals surface area contributed by atoms with E-state index >= 15 is 0 Å². The number of hydrogen-bond acceptors (Lipinski definition) is 3. The van der Waals surface area contributed by atoms with Crippen LogP contribution in [0.3, 0.4) is 0 Å². The van der Waals surface area contributed by atoms with Crippen LogP contribution in [-0.2, 0) is 0 Å². The second-order valence-corrected chi connectivity index (χ2v) is 5.74. The normalized spacial score (nSPS) is 13.2. The molecule has 0 fully saturated rings. The molecule has 0 aliphatic heterocycles. The SMILES string of the molecule is CC(c1[nH][n+](C(C)C)c(-c2ncccn2)c1Cl)N(C)C. The van der Waals surface area contributed by atoms with Crippen LogP contribution >= 0.6 is 11.6 Å². The molecule has 0 aromatic carbocycles. The van der Waals surface area contributed by atoms with Crippen LogP contribution in [0, 0.1) is 0 Å². The first-order valence-electron chi connectivity index (χ1n) is 6.70. The van der Waals surface area contributed by atoms with Gasteiger partial charge in [-0.25, -0.2) is 9.97 Å². The summed E-state index contributed by atoms with van der Waals surface area (Å²) in [4.78, 5) is 10.7. The van der Waals surface area contributed by atoms with Crippen molar-refractivity contribution >= 4 is 11.6 Å². The van der Waals surface area contributed by atoms with E-state index in [2.05, 4.69) is 40.7 Å². The summed E-state index contributed by atoms with van der Waals surface area (Å²) in [5.74, 6) is 0.639. The van der Waals surface area contributed by atoms with Crippen molar-refractivity contribution in [3.63, 3.8) is 0 Å². The molecule has 2 aromatic heterocycles. The fourth-order valence-electron chi connectivity index (χ4n) is 2.02. The third-order valence-corrected chi connectivity index (χ3v) is 3.80. The van der Waals surface area contributed by atoms with Crippen LogP contribution in [0.2, 0.25) is 5.02 Å². The average Bonchev–Trinajstić information content (AvgIpc) is 2.76. The number of rotatable bonds is 4. The molecule has 2 aromatic rings. The van der Waals surface area contributed by atoms with Crippen LogP contribution in [0.5, 0.6) is 0 Å². The Morgan fingerprint density at radius 1 is 1.20 bits per heavy atom. The van der Waals surface area contributed by atoms with Gasteiger partial charge in [-0.1, -0.05) is 11.6 Å². The molecule has 0 spiro atoms. The quantitative estimate of drug-likeness (QED) is 0.882. The highest BCUT2D eigenvalue weighted by atomic mass is 35.5. The van der Waals surface area contributed by atoms with E-state index in [4.69, 9.17) is 11.6 Å². The zero-order valence-electron chi connectivity index (χ0n) is 12.6. The van der Waals surface area contributed by atoms with Crippen LogP contribution in [0.15, 0.2) is 18.5 Å². The highest BCUT2D eigenvalue weighted by Crippen LogP contribution is 2.30. The summed E-state index contributed by atoms with van der Waals surface area (Å²) in [5, 5.41) is 4.08. The summed E-state index contributed by atoms with van der Waals surface area (Å²) >= 11 is 6.59. The molecular formula is C14H21ClN5+. The van der Waals surface area contributed by atoms with Crippen LogP contribution in [-0.4, -0.2) is 34.1 Å². The number of aromatic nitrogens is 4. The highest BCUT2D eigenvalue weighted by molar-refractivity contribution is 6.33. The Morgan fingerprint density at radius 2 is 1.80 bits per heavy atom. The van der Waals surface area contributed by atoms with E-state index in [9.17, 15) is 0 Å². The maximum absolute atomic E-state index is 6.59. The van der Waals surface area contributed by atoms with Crippen molar-refractivity contribution in [3.05, 3.63) is 29.2 Å². The molecule has 108 valence electrons. The van der Waals surface area contributed by atoms with Crippen LogP contribution in [0.1, 0.15) is 38.5 Å². The summed E-state index contributed by atoms with van der Waals surface area (Å²) in [6.45, 7) is 6.31. The number of aromatic amines is 1. The third-order valence-electron chi connectivity index (χ3n) is 3.41. The van der Waals surface area contributed by atoms with E-state index in [1.54, 1.807) is 18.5 Å². The number of H-pyrrole nitrogens is 1. The van der Waals surface area contributed by atoms with Gasteiger partial charge in [0.15, 0.2) is 6.04 Å². The molecule has 2 rings (SSSR count). The van der Waals surface area contributed by atoms with Gasteiger partial charge in [0.25, 0.3) is 5.69 Å². The van der Waals surface area contributed by atoms with Crippen LogP contribution in [0.4, 0.5) is 0 Å². The lowest BCUT2D eigenvalue weighted by Crippen LogP contribution is -2.40. The van der Waals surface area contributed by atoms with Crippen molar-refractivity contribution in [2.75, 3.05) is 14.1 Å². The lowest BCUT2D eigenvalue weighted by molar-refractivity contribution is -0.758. The largest absolute Gasteiger partial charge is 0.301 e. The summed E-state index contributed by atoms with van der Waals surface area (Å²) < 4.78 is 2.02. The minimum Gasteiger partial charge on any atom is -0.301 e. The van der Waals surface area contributed by atoms with Crippen LogP contribution < -0.4 is 4.68 Å². The molecule has 0 radical (unpaired) electrons. The molecule has 2 heterocycles. The van der Waals surface area contributed by atoms with Gasteiger partial charge in [-0.05, 0) is 40.9 Å². The molecule has 1 N–H and O–H groups in total. The summed E-state index contributed by atoms with van der Waals surface area (Å²) in [5.41, 5.74) is 1.82. The number of halogens is 1. The van der Waals surface area contributed by atoms with Crippen molar-refractivity contribution in [1.29, 1.82) is 0 Å². The van der Waals surface area contributed by atoms with Crippen molar-refractivity contribution < 1.29 is 4.68 Å². The van der Waals surface area contributed by atoms with E-state index in [0.29, 0.717) is 10.8 Å². The van der Waals surface area contributed by atoms with E-state index in [0.717, 1.165) is 11.4 Å². The third kappa shape index (κ3) is 2.69. The molecule has 6 heteroatoms. The maximum atomic E-state index is 6.59. The Morgan fingerprint density at radius 3 is 2.30 bits per heavy atom. The Kier molecular flexibility index (Phi) is 4.40. The molecule has 0 aliphatic rings. The first-order valence-corrected chi connectivity index (χ1v) is 7.08. The Hall–Kier alpha value is -1.46. The molecule has 1 atom stereocenters. The van der Waals surface area contributed by atoms with Crippen LogP contribution in [0.25, 0.3) is 11.5 Å². The fourth-order valence-corrected chi connectivity index (χ4v) is 2.39. The maximum Gasteiger partial charge on any atom is 0.294 e. The lowest BCUT2D eigenvalue weighted by Gasteiger charge is -2.17. The molecule has 0 saturated carbocycles. The highest BCUT2D eigenvalue weighted by Gasteiger charge is 2.31. The van der Waals surface area contributed by atoms with Gasteiger partial charge in [-0.15, -0.1) is 4.68 Å². The zero-order valence-corrected chi connectivity index (χ0v) is 13.3. The fraction of sp³-hybridized carbons (Fsp3) is 0.500. The van der Waals surface area contributed by atoms with E-state index < -0.39 is 0 Å². The molecule has 5 nitrogen and oxygen atoms in total. The minimum absolute atomic E-state index is 0.185. The number of nitrogens with one attached hydrogen (secondary N) is 1. The Bertz CT molecular complexity index is 577. The van der Waals surface area contributed by atoms with Crippen molar-refractivity contribution in [1.82, 2.24) is 20.0 Å². The Labute approximate surface area is 124 Å². The molecule has 0 amide bonds. The molecule has 20 heavy (non-hydrogen) atoms. The summed E-state index contributed by atoms with van der Waals surface area (Å²) in [6.07, 6.45) is 3.46. The van der Waals surface area contributed by atoms with Gasteiger partial charge in [0.05, 0.1) is 6.04 Å². The Balaban J connectivity index is 2.61. The first kappa shape index (κ1) is 14.9. The van der Waals surface area contributed by atoms with E-state index in [1.807, 2.05) is 18.8 Å². The van der Waals surface area contributed by atoms with Gasteiger partial charge >= 0.3 is 0 Å². The van der Waals surface area contributed by atoms with Gasteiger partial charge in [0, 0.05) is 12.4 Å². The zero-order chi connectivity index (χ0) is 14.9. The van der Waals surface area contributed by atoms with Crippen molar-refractivity contribution in [2.24, 2.45) is 0 Å². The van der Waals surface area contributed by atoms with Crippen molar-refractivity contribution in [2.45, 2.75) is 32.9 Å². The summed E-state index contributed by atoms with van der Waals surface area (Å²) in [6, 6.07) is 2.23. The monoisotopic (exact) mass is 294 g/mol. The van der Waals surface area contributed by atoms with Gasteiger partial charge in [-0.3, -0.25) is 0 Å². The van der Waals surface area contributed by atoms with E-state index in [1.165, 1.54) is 0 Å². The number of hydrogen-bond donors (Lipinski definition) is 1. The molecular weight excluding hydrogens is 274 g/mol. The topological polar surface area (TPSA) is 48.7 Å². The van der Waals surface area contributed by atoms with Gasteiger partial charge < -0.3 is 4.90 Å². The predicted molar refractivity (Wildman–Crippen MR) is 79.5 cm³/mol. The number of nitrogens with zero attached hydrogens (tertiary/aromatic N) is 4. The summed E-state index contributed by atoms with van der Waals surface area (Å²) in [7, 11) is 4.06. The second-order valence-electron chi connectivity index (χ2n) is 5.36. The molecule has 0 aliphatic carbocycles. The first-order chi connectivity index (χ1) is 9.43. The van der Waals surface area contributed by atoms with E-state index in [-0.39, 0.29) is 12.1 Å². The van der Waals surface area contributed by atoms with Gasteiger partial charge in [0.2, 0.25) is 5.82 Å². The molecule has 1 unspecified atom stereocenters. The average molecular weight is 295 g/mol.